The minimum atomic E-state index is -4.34. The van der Waals surface area contributed by atoms with Gasteiger partial charge in [-0.2, -0.15) is 13.2 Å². The Morgan fingerprint density at radius 1 is 1.38 bits per heavy atom. The molecule has 0 saturated carbocycles. The van der Waals surface area contributed by atoms with Gasteiger partial charge in [-0.05, 0) is 37.0 Å². The molecule has 3 nitrogen and oxygen atoms in total. The molecule has 1 atom stereocenters. The molecule has 0 amide bonds. The summed E-state index contributed by atoms with van der Waals surface area (Å²) >= 11 is 3.31. The van der Waals surface area contributed by atoms with Gasteiger partial charge in [0.15, 0.2) is 0 Å². The molecular weight excluding hydrogens is 353 g/mol. The van der Waals surface area contributed by atoms with Gasteiger partial charge in [0, 0.05) is 11.1 Å². The summed E-state index contributed by atoms with van der Waals surface area (Å²) in [5, 5.41) is 9.16. The second-order valence-corrected chi connectivity index (χ2v) is 5.59. The number of carboxylic acids is 1. The van der Waals surface area contributed by atoms with Crippen molar-refractivity contribution in [2.24, 2.45) is 5.92 Å². The Hall–Kier alpha value is -1.08. The fourth-order valence-corrected chi connectivity index (χ4v) is 2.33. The van der Waals surface area contributed by atoms with Crippen molar-refractivity contribution in [2.45, 2.75) is 25.4 Å². The highest BCUT2D eigenvalue weighted by Crippen LogP contribution is 2.19. The van der Waals surface area contributed by atoms with Gasteiger partial charge in [-0.1, -0.05) is 28.1 Å². The van der Waals surface area contributed by atoms with E-state index in [4.69, 9.17) is 5.11 Å². The van der Waals surface area contributed by atoms with Gasteiger partial charge in [0.1, 0.15) is 6.61 Å². The van der Waals surface area contributed by atoms with Crippen LogP contribution in [0.5, 0.6) is 0 Å². The number of carbonyl (C=O) groups is 1. The van der Waals surface area contributed by atoms with Crippen molar-refractivity contribution >= 4 is 21.9 Å². The number of rotatable bonds is 8. The summed E-state index contributed by atoms with van der Waals surface area (Å²) in [6, 6.07) is 7.30. The van der Waals surface area contributed by atoms with E-state index in [2.05, 4.69) is 20.7 Å². The highest BCUT2D eigenvalue weighted by molar-refractivity contribution is 9.10. The van der Waals surface area contributed by atoms with Crippen LogP contribution in [-0.4, -0.2) is 30.5 Å². The zero-order chi connectivity index (χ0) is 15.9. The fraction of sp³-hybridized carbons (Fsp3) is 0.500. The number of hydrogen-bond acceptors (Lipinski definition) is 2. The predicted molar refractivity (Wildman–Crippen MR) is 75.1 cm³/mol. The van der Waals surface area contributed by atoms with Gasteiger partial charge in [0.2, 0.25) is 0 Å². The standard InChI is InChI=1S/C14H16BrF3O3/c15-12-5-1-3-10(8-12)7-11(13(19)20)4-2-6-21-9-14(16,17)18/h1,3,5,8,11H,2,4,6-7,9H2,(H,19,20). The van der Waals surface area contributed by atoms with Crippen molar-refractivity contribution < 1.29 is 27.8 Å². The van der Waals surface area contributed by atoms with Crippen molar-refractivity contribution in [3.05, 3.63) is 34.3 Å². The molecule has 1 aromatic rings. The third kappa shape index (κ3) is 8.06. The molecule has 0 bridgehead atoms. The predicted octanol–water partition coefficient (Wildman–Crippen LogP) is 4.05. The van der Waals surface area contributed by atoms with Crippen molar-refractivity contribution in [2.75, 3.05) is 13.2 Å². The first-order chi connectivity index (χ1) is 9.78. The van der Waals surface area contributed by atoms with E-state index in [1.165, 1.54) is 0 Å². The van der Waals surface area contributed by atoms with Gasteiger partial charge < -0.3 is 9.84 Å². The molecule has 0 aliphatic carbocycles. The SMILES string of the molecule is O=C(O)C(CCCOCC(F)(F)F)Cc1cccc(Br)c1. The van der Waals surface area contributed by atoms with Crippen LogP contribution >= 0.6 is 15.9 Å². The molecule has 1 unspecified atom stereocenters. The van der Waals surface area contributed by atoms with Gasteiger partial charge >= 0.3 is 12.1 Å². The largest absolute Gasteiger partial charge is 0.481 e. The lowest BCUT2D eigenvalue weighted by molar-refractivity contribution is -0.174. The minimum absolute atomic E-state index is 0.0955. The second kappa shape index (κ2) is 8.38. The van der Waals surface area contributed by atoms with Crippen molar-refractivity contribution in [1.29, 1.82) is 0 Å². The number of halogens is 4. The summed E-state index contributed by atoms with van der Waals surface area (Å²) in [4.78, 5) is 11.2. The van der Waals surface area contributed by atoms with Gasteiger partial charge in [0.05, 0.1) is 5.92 Å². The normalized spacial score (nSPS) is 13.1. The molecule has 0 aromatic heterocycles. The third-order valence-electron chi connectivity index (χ3n) is 2.83. The second-order valence-electron chi connectivity index (χ2n) is 4.68. The Bertz CT molecular complexity index is 463. The van der Waals surface area contributed by atoms with E-state index in [1.807, 2.05) is 24.3 Å². The number of ether oxygens (including phenoxy) is 1. The van der Waals surface area contributed by atoms with Gasteiger partial charge in [-0.25, -0.2) is 0 Å². The van der Waals surface area contributed by atoms with E-state index in [0.717, 1.165) is 10.0 Å². The molecule has 1 rings (SSSR count). The monoisotopic (exact) mass is 368 g/mol. The minimum Gasteiger partial charge on any atom is -0.481 e. The Balaban J connectivity index is 2.39. The molecule has 7 heteroatoms. The molecule has 1 aromatic carbocycles. The maximum atomic E-state index is 11.9. The molecule has 0 aliphatic heterocycles. The van der Waals surface area contributed by atoms with Crippen LogP contribution in [0.4, 0.5) is 13.2 Å². The molecule has 118 valence electrons. The van der Waals surface area contributed by atoms with E-state index in [-0.39, 0.29) is 19.4 Å². The molecule has 0 spiro atoms. The summed E-state index contributed by atoms with van der Waals surface area (Å²) in [5.74, 6) is -1.58. The summed E-state index contributed by atoms with van der Waals surface area (Å²) < 4.78 is 40.9. The number of carboxylic acid groups (broad SMARTS) is 1. The van der Waals surface area contributed by atoms with Gasteiger partial charge in [-0.15, -0.1) is 0 Å². The first kappa shape index (κ1) is 18.0. The average Bonchev–Trinajstić information content (AvgIpc) is 2.35. The lowest BCUT2D eigenvalue weighted by Gasteiger charge is -2.13. The van der Waals surface area contributed by atoms with E-state index in [0.29, 0.717) is 6.42 Å². The highest BCUT2D eigenvalue weighted by Gasteiger charge is 2.27. The summed E-state index contributed by atoms with van der Waals surface area (Å²) in [6.45, 7) is -1.39. The zero-order valence-corrected chi connectivity index (χ0v) is 12.8. The van der Waals surface area contributed by atoms with Crippen LogP contribution in [0.15, 0.2) is 28.7 Å². The average molecular weight is 369 g/mol. The van der Waals surface area contributed by atoms with Crippen LogP contribution in [-0.2, 0) is 16.0 Å². The van der Waals surface area contributed by atoms with Crippen LogP contribution in [0.3, 0.4) is 0 Å². The van der Waals surface area contributed by atoms with Crippen LogP contribution < -0.4 is 0 Å². The molecule has 21 heavy (non-hydrogen) atoms. The first-order valence-electron chi connectivity index (χ1n) is 6.39. The fourth-order valence-electron chi connectivity index (χ4n) is 1.88. The zero-order valence-electron chi connectivity index (χ0n) is 11.2. The summed E-state index contributed by atoms with van der Waals surface area (Å²) in [5.41, 5.74) is 0.869. The van der Waals surface area contributed by atoms with Crippen LogP contribution in [0.25, 0.3) is 0 Å². The van der Waals surface area contributed by atoms with E-state index >= 15 is 0 Å². The van der Waals surface area contributed by atoms with E-state index < -0.39 is 24.7 Å². The lowest BCUT2D eigenvalue weighted by Crippen LogP contribution is -2.19. The molecule has 0 radical (unpaired) electrons. The number of alkyl halides is 3. The number of aliphatic carboxylic acids is 1. The molecule has 0 saturated heterocycles. The molecular formula is C14H16BrF3O3. The summed E-state index contributed by atoms with van der Waals surface area (Å²) in [6.07, 6.45) is -3.45. The molecule has 0 fully saturated rings. The maximum Gasteiger partial charge on any atom is 0.411 e. The maximum absolute atomic E-state index is 11.9. The van der Waals surface area contributed by atoms with Crippen LogP contribution in [0, 0.1) is 5.92 Å². The Labute approximate surface area is 129 Å². The van der Waals surface area contributed by atoms with Gasteiger partial charge in [0.25, 0.3) is 0 Å². The Morgan fingerprint density at radius 3 is 2.67 bits per heavy atom. The van der Waals surface area contributed by atoms with E-state index in [9.17, 15) is 18.0 Å². The van der Waals surface area contributed by atoms with Crippen molar-refractivity contribution in [3.8, 4) is 0 Å². The quantitative estimate of drug-likeness (QED) is 0.704. The van der Waals surface area contributed by atoms with Crippen LogP contribution in [0.2, 0.25) is 0 Å². The molecule has 0 heterocycles. The molecule has 1 N–H and O–H groups in total. The van der Waals surface area contributed by atoms with E-state index in [1.54, 1.807) is 0 Å². The summed E-state index contributed by atoms with van der Waals surface area (Å²) in [7, 11) is 0. The van der Waals surface area contributed by atoms with Crippen molar-refractivity contribution in [1.82, 2.24) is 0 Å². The smallest absolute Gasteiger partial charge is 0.411 e. The third-order valence-corrected chi connectivity index (χ3v) is 3.32. The lowest BCUT2D eigenvalue weighted by atomic mass is 9.95. The van der Waals surface area contributed by atoms with Crippen LogP contribution in [0.1, 0.15) is 18.4 Å². The Morgan fingerprint density at radius 2 is 2.10 bits per heavy atom. The first-order valence-corrected chi connectivity index (χ1v) is 7.19. The number of hydrogen-bond donors (Lipinski definition) is 1. The Kier molecular flexibility index (Phi) is 7.17. The number of benzene rings is 1. The topological polar surface area (TPSA) is 46.5 Å². The van der Waals surface area contributed by atoms with Crippen molar-refractivity contribution in [3.63, 3.8) is 0 Å². The highest BCUT2D eigenvalue weighted by atomic mass is 79.9. The molecule has 0 aliphatic rings. The van der Waals surface area contributed by atoms with Gasteiger partial charge in [-0.3, -0.25) is 4.79 Å².